The molecule has 3 rings (SSSR count). The van der Waals surface area contributed by atoms with Gasteiger partial charge < -0.3 is 14.6 Å². The summed E-state index contributed by atoms with van der Waals surface area (Å²) < 4.78 is 50.0. The zero-order chi connectivity index (χ0) is 20.4. The van der Waals surface area contributed by atoms with E-state index in [9.17, 15) is 23.1 Å². The van der Waals surface area contributed by atoms with Crippen molar-refractivity contribution in [1.29, 1.82) is 0 Å². The number of halogens is 3. The molecule has 2 aromatic rings. The van der Waals surface area contributed by atoms with Gasteiger partial charge in [0.2, 0.25) is 0 Å². The van der Waals surface area contributed by atoms with Crippen LogP contribution >= 0.6 is 0 Å². The van der Waals surface area contributed by atoms with Gasteiger partial charge in [0.25, 0.3) is 5.91 Å². The Bertz CT molecular complexity index is 886. The monoisotopic (exact) mass is 394 g/mol. The maximum absolute atomic E-state index is 13.2. The molecule has 0 spiro atoms. The van der Waals surface area contributed by atoms with E-state index in [1.54, 1.807) is 36.4 Å². The molecule has 0 saturated carbocycles. The number of para-hydroxylation sites is 1. The fourth-order valence-electron chi connectivity index (χ4n) is 2.79. The van der Waals surface area contributed by atoms with Crippen molar-refractivity contribution in [3.8, 4) is 11.5 Å². The smallest absolute Gasteiger partial charge is 0.431 e. The summed E-state index contributed by atoms with van der Waals surface area (Å²) in [5, 5.41) is 14.8. The summed E-state index contributed by atoms with van der Waals surface area (Å²) >= 11 is 0. The van der Waals surface area contributed by atoms with Crippen LogP contribution in [0.15, 0.2) is 59.7 Å². The summed E-state index contributed by atoms with van der Waals surface area (Å²) in [7, 11) is 1.38. The van der Waals surface area contributed by atoms with Gasteiger partial charge in [0.1, 0.15) is 17.2 Å². The van der Waals surface area contributed by atoms with Crippen LogP contribution in [0.3, 0.4) is 0 Å². The van der Waals surface area contributed by atoms with E-state index >= 15 is 0 Å². The Kier molecular flexibility index (Phi) is 5.28. The molecule has 6 nitrogen and oxygen atoms in total. The first-order valence-corrected chi connectivity index (χ1v) is 8.26. The summed E-state index contributed by atoms with van der Waals surface area (Å²) in [6.45, 7) is -0.592. The Labute approximate surface area is 158 Å². The third kappa shape index (κ3) is 3.94. The number of aliphatic hydroxyl groups is 1. The number of amides is 1. The molecule has 0 unspecified atom stereocenters. The number of rotatable bonds is 5. The average molecular weight is 394 g/mol. The lowest BCUT2D eigenvalue weighted by Crippen LogP contribution is -2.45. The van der Waals surface area contributed by atoms with Gasteiger partial charge in [-0.1, -0.05) is 30.3 Å². The highest BCUT2D eigenvalue weighted by molar-refractivity contribution is 5.94. The molecule has 2 aromatic carbocycles. The fraction of sp³-hybridized carbons (Fsp3) is 0.263. The number of carbonyl (C=O) groups excluding carboxylic acids is 1. The molecule has 9 heteroatoms. The molecule has 0 saturated heterocycles. The Morgan fingerprint density at radius 2 is 1.86 bits per heavy atom. The Morgan fingerprint density at radius 1 is 1.18 bits per heavy atom. The van der Waals surface area contributed by atoms with Crippen LogP contribution in [0.1, 0.15) is 12.0 Å². The molecule has 1 aliphatic rings. The Morgan fingerprint density at radius 3 is 2.50 bits per heavy atom. The van der Waals surface area contributed by atoms with Gasteiger partial charge in [0, 0.05) is 5.56 Å². The summed E-state index contributed by atoms with van der Waals surface area (Å²) in [5.74, 6) is -0.243. The van der Waals surface area contributed by atoms with Gasteiger partial charge in [0.05, 0.1) is 13.5 Å². The normalized spacial score (nSPS) is 19.3. The molecule has 0 aliphatic carbocycles. The lowest BCUT2D eigenvalue weighted by molar-refractivity contribution is -0.160. The third-order valence-electron chi connectivity index (χ3n) is 4.19. The second kappa shape index (κ2) is 7.51. The highest BCUT2D eigenvalue weighted by Crippen LogP contribution is 2.40. The lowest BCUT2D eigenvalue weighted by atomic mass is 9.96. The third-order valence-corrected chi connectivity index (χ3v) is 4.19. The summed E-state index contributed by atoms with van der Waals surface area (Å²) in [5.41, 5.74) is -3.52. The number of alkyl halides is 3. The molecule has 0 fully saturated rings. The number of ether oxygens (including phenoxy) is 2. The predicted molar refractivity (Wildman–Crippen MR) is 93.8 cm³/mol. The SMILES string of the molecule is COc1cccc([C@]2(O)CC(C(F)(F)F)=NN2C(=O)COc2ccccc2)c1. The molecule has 1 aliphatic heterocycles. The molecule has 0 aromatic heterocycles. The van der Waals surface area contributed by atoms with Crippen LogP contribution in [0, 0.1) is 0 Å². The first kappa shape index (κ1) is 19.7. The molecule has 1 N–H and O–H groups in total. The lowest BCUT2D eigenvalue weighted by Gasteiger charge is -2.31. The standard InChI is InChI=1S/C19H17F3N2O4/c1-27-15-9-5-6-13(10-15)18(26)11-16(19(20,21)22)23-24(18)17(25)12-28-14-7-3-2-4-8-14/h2-10,26H,11-12H2,1H3/t18-/m1/s1. The summed E-state index contributed by atoms with van der Waals surface area (Å²) in [6, 6.07) is 14.1. The van der Waals surface area contributed by atoms with Crippen LogP contribution in [-0.4, -0.2) is 41.6 Å². The quantitative estimate of drug-likeness (QED) is 0.846. The van der Waals surface area contributed by atoms with Crippen molar-refractivity contribution in [1.82, 2.24) is 5.01 Å². The van der Waals surface area contributed by atoms with E-state index in [1.807, 2.05) is 0 Å². The van der Waals surface area contributed by atoms with E-state index in [4.69, 9.17) is 9.47 Å². The van der Waals surface area contributed by atoms with Gasteiger partial charge in [-0.3, -0.25) is 4.79 Å². The van der Waals surface area contributed by atoms with Crippen molar-refractivity contribution >= 4 is 11.6 Å². The first-order valence-electron chi connectivity index (χ1n) is 8.26. The minimum atomic E-state index is -4.79. The van der Waals surface area contributed by atoms with Gasteiger partial charge in [-0.15, -0.1) is 0 Å². The highest BCUT2D eigenvalue weighted by Gasteiger charge is 2.53. The number of hydrogen-bond donors (Lipinski definition) is 1. The largest absolute Gasteiger partial charge is 0.497 e. The van der Waals surface area contributed by atoms with E-state index in [-0.39, 0.29) is 5.56 Å². The molecule has 148 valence electrons. The van der Waals surface area contributed by atoms with Crippen LogP contribution in [0.25, 0.3) is 0 Å². The fourth-order valence-corrected chi connectivity index (χ4v) is 2.79. The van der Waals surface area contributed by atoms with Gasteiger partial charge in [-0.25, -0.2) is 0 Å². The van der Waals surface area contributed by atoms with Crippen LogP contribution in [-0.2, 0) is 10.5 Å². The van der Waals surface area contributed by atoms with E-state index in [0.717, 1.165) is 0 Å². The zero-order valence-electron chi connectivity index (χ0n) is 14.8. The minimum Gasteiger partial charge on any atom is -0.497 e. The van der Waals surface area contributed by atoms with Crippen molar-refractivity contribution < 1.29 is 32.5 Å². The number of benzene rings is 2. The van der Waals surface area contributed by atoms with Crippen molar-refractivity contribution in [3.05, 3.63) is 60.2 Å². The van der Waals surface area contributed by atoms with Crippen LogP contribution in [0.4, 0.5) is 13.2 Å². The molecule has 0 bridgehead atoms. The number of methoxy groups -OCH3 is 1. The molecule has 1 heterocycles. The van der Waals surface area contributed by atoms with Crippen molar-refractivity contribution in [2.24, 2.45) is 5.10 Å². The summed E-state index contributed by atoms with van der Waals surface area (Å²) in [4.78, 5) is 12.6. The van der Waals surface area contributed by atoms with Gasteiger partial charge >= 0.3 is 6.18 Å². The number of nitrogens with zero attached hydrogens (tertiary/aromatic N) is 2. The second-order valence-electron chi connectivity index (χ2n) is 6.08. The minimum absolute atomic E-state index is 0.0444. The molecule has 0 radical (unpaired) electrons. The van der Waals surface area contributed by atoms with Crippen LogP contribution in [0.5, 0.6) is 11.5 Å². The summed E-state index contributed by atoms with van der Waals surface area (Å²) in [6.07, 6.45) is -5.69. The predicted octanol–water partition coefficient (Wildman–Crippen LogP) is 3.07. The average Bonchev–Trinajstić information content (AvgIpc) is 3.06. The van der Waals surface area contributed by atoms with Crippen molar-refractivity contribution in [3.63, 3.8) is 0 Å². The van der Waals surface area contributed by atoms with Crippen molar-refractivity contribution in [2.45, 2.75) is 18.3 Å². The molecule has 28 heavy (non-hydrogen) atoms. The Balaban J connectivity index is 1.90. The number of hydrazone groups is 1. The van der Waals surface area contributed by atoms with Gasteiger partial charge in [-0.05, 0) is 24.3 Å². The molecular formula is C19H17F3N2O4. The second-order valence-corrected chi connectivity index (χ2v) is 6.08. The van der Waals surface area contributed by atoms with E-state index in [0.29, 0.717) is 16.5 Å². The highest BCUT2D eigenvalue weighted by atomic mass is 19.4. The van der Waals surface area contributed by atoms with E-state index in [1.165, 1.54) is 25.3 Å². The van der Waals surface area contributed by atoms with Gasteiger partial charge in [0.15, 0.2) is 12.3 Å². The number of carbonyl (C=O) groups is 1. The van der Waals surface area contributed by atoms with Crippen LogP contribution in [0.2, 0.25) is 0 Å². The Hall–Kier alpha value is -3.07. The van der Waals surface area contributed by atoms with Crippen LogP contribution < -0.4 is 9.47 Å². The maximum atomic E-state index is 13.2. The molecular weight excluding hydrogens is 377 g/mol. The van der Waals surface area contributed by atoms with Gasteiger partial charge in [-0.2, -0.15) is 23.3 Å². The maximum Gasteiger partial charge on any atom is 0.431 e. The first-order chi connectivity index (χ1) is 13.2. The van der Waals surface area contributed by atoms with Crippen molar-refractivity contribution in [2.75, 3.05) is 13.7 Å². The zero-order valence-corrected chi connectivity index (χ0v) is 14.8. The number of hydrogen-bond acceptors (Lipinski definition) is 5. The molecule has 1 atom stereocenters. The molecule has 1 amide bonds. The van der Waals surface area contributed by atoms with E-state index < -0.39 is 36.5 Å². The van der Waals surface area contributed by atoms with E-state index in [2.05, 4.69) is 5.10 Å². The topological polar surface area (TPSA) is 71.4 Å².